The first-order chi connectivity index (χ1) is 18.2. The lowest BCUT2D eigenvalue weighted by Gasteiger charge is -2.36. The molecule has 0 saturated carbocycles. The minimum Gasteiger partial charge on any atom is -0.481 e. The van der Waals surface area contributed by atoms with Gasteiger partial charge in [-0.05, 0) is 49.7 Å². The molecule has 0 spiro atoms. The first-order valence-electron chi connectivity index (χ1n) is 12.3. The third-order valence-electron chi connectivity index (χ3n) is 6.56. The molecular weight excluding hydrogens is 509 g/mol. The highest BCUT2D eigenvalue weighted by molar-refractivity contribution is 7.89. The average molecular weight is 538 g/mol. The lowest BCUT2D eigenvalue weighted by atomic mass is 10.1. The standard InChI is InChI=1S/C27H28FN5O4S/c1-19(2)38(35,36)32-13-11-31(12-14-32)25-17-30-33(23-7-3-6-22(28)16-23)27(34)26(25)37-18-20-8-9-21-5-4-10-29-24(21)15-20/h3-10,15-17,19H,11-14,18H2,1-2H3. The van der Waals surface area contributed by atoms with Crippen LogP contribution in [0.1, 0.15) is 19.4 Å². The van der Waals surface area contributed by atoms with Crippen LogP contribution in [0.4, 0.5) is 10.1 Å². The Balaban J connectivity index is 1.47. The second-order valence-electron chi connectivity index (χ2n) is 9.35. The summed E-state index contributed by atoms with van der Waals surface area (Å²) in [7, 11) is -3.38. The Bertz CT molecular complexity index is 1630. The highest BCUT2D eigenvalue weighted by Crippen LogP contribution is 2.27. The summed E-state index contributed by atoms with van der Waals surface area (Å²) in [5.74, 6) is -0.431. The van der Waals surface area contributed by atoms with E-state index in [0.29, 0.717) is 18.8 Å². The number of fused-ring (bicyclic) bond motifs is 1. The fraction of sp³-hybridized carbons (Fsp3) is 0.296. The summed E-state index contributed by atoms with van der Waals surface area (Å²) in [6.07, 6.45) is 3.22. The zero-order valence-corrected chi connectivity index (χ0v) is 21.9. The van der Waals surface area contributed by atoms with Gasteiger partial charge in [-0.15, -0.1) is 0 Å². The minimum atomic E-state index is -3.38. The van der Waals surface area contributed by atoms with Crippen LogP contribution in [0.3, 0.4) is 0 Å². The van der Waals surface area contributed by atoms with Crippen LogP contribution in [-0.2, 0) is 16.6 Å². The van der Waals surface area contributed by atoms with Crippen molar-refractivity contribution in [3.8, 4) is 11.4 Å². The average Bonchev–Trinajstić information content (AvgIpc) is 2.92. The van der Waals surface area contributed by atoms with Crippen molar-refractivity contribution in [2.75, 3.05) is 31.1 Å². The quantitative estimate of drug-likeness (QED) is 0.357. The fourth-order valence-electron chi connectivity index (χ4n) is 4.42. The number of rotatable bonds is 7. The van der Waals surface area contributed by atoms with Gasteiger partial charge in [-0.25, -0.2) is 12.8 Å². The van der Waals surface area contributed by atoms with Gasteiger partial charge in [0.25, 0.3) is 0 Å². The topological polar surface area (TPSA) is 97.6 Å². The van der Waals surface area contributed by atoms with Gasteiger partial charge in [-0.2, -0.15) is 14.1 Å². The molecule has 0 unspecified atom stereocenters. The van der Waals surface area contributed by atoms with Crippen LogP contribution in [0.5, 0.6) is 5.75 Å². The Morgan fingerprint density at radius 2 is 1.82 bits per heavy atom. The van der Waals surface area contributed by atoms with Gasteiger partial charge in [0.2, 0.25) is 15.8 Å². The number of benzene rings is 2. The Labute approximate surface area is 220 Å². The summed E-state index contributed by atoms with van der Waals surface area (Å²) >= 11 is 0. The van der Waals surface area contributed by atoms with Gasteiger partial charge >= 0.3 is 5.56 Å². The van der Waals surface area contributed by atoms with E-state index in [0.717, 1.165) is 21.1 Å². The molecule has 5 rings (SSSR count). The molecule has 11 heteroatoms. The second kappa shape index (κ2) is 10.5. The molecule has 4 aromatic rings. The molecule has 9 nitrogen and oxygen atoms in total. The number of pyridine rings is 1. The van der Waals surface area contributed by atoms with Crippen molar-refractivity contribution in [3.05, 3.63) is 88.7 Å². The van der Waals surface area contributed by atoms with Crippen LogP contribution in [0.15, 0.2) is 71.8 Å². The number of aromatic nitrogens is 3. The van der Waals surface area contributed by atoms with E-state index in [9.17, 15) is 17.6 Å². The Morgan fingerprint density at radius 3 is 2.55 bits per heavy atom. The second-order valence-corrected chi connectivity index (χ2v) is 11.8. The van der Waals surface area contributed by atoms with Gasteiger partial charge in [0, 0.05) is 37.8 Å². The molecule has 1 fully saturated rings. The van der Waals surface area contributed by atoms with Crippen molar-refractivity contribution in [2.45, 2.75) is 25.7 Å². The summed E-state index contributed by atoms with van der Waals surface area (Å²) in [4.78, 5) is 19.9. The number of hydrogen-bond acceptors (Lipinski definition) is 7. The van der Waals surface area contributed by atoms with Crippen molar-refractivity contribution in [3.63, 3.8) is 0 Å². The van der Waals surface area contributed by atoms with Crippen molar-refractivity contribution in [2.24, 2.45) is 0 Å². The van der Waals surface area contributed by atoms with Gasteiger partial charge < -0.3 is 9.64 Å². The van der Waals surface area contributed by atoms with Gasteiger partial charge in [0.05, 0.1) is 22.7 Å². The van der Waals surface area contributed by atoms with E-state index in [1.165, 1.54) is 28.7 Å². The summed E-state index contributed by atoms with van der Waals surface area (Å²) in [5, 5.41) is 4.77. The smallest absolute Gasteiger partial charge is 0.316 e. The van der Waals surface area contributed by atoms with Crippen LogP contribution >= 0.6 is 0 Å². The zero-order chi connectivity index (χ0) is 26.9. The number of hydrogen-bond donors (Lipinski definition) is 0. The molecule has 0 amide bonds. The summed E-state index contributed by atoms with van der Waals surface area (Å²) in [5.41, 5.74) is 1.83. The van der Waals surface area contributed by atoms with E-state index >= 15 is 0 Å². The summed E-state index contributed by atoms with van der Waals surface area (Å²) in [6.45, 7) is 4.72. The molecule has 1 aliphatic heterocycles. The number of ether oxygens (including phenoxy) is 1. The molecule has 38 heavy (non-hydrogen) atoms. The van der Waals surface area contributed by atoms with Gasteiger partial charge in [0.15, 0.2) is 0 Å². The number of piperazine rings is 1. The number of halogens is 1. The SMILES string of the molecule is CC(C)S(=O)(=O)N1CCN(c2cnn(-c3cccc(F)c3)c(=O)c2OCc2ccc3cccnc3c2)CC1. The van der Waals surface area contributed by atoms with Crippen LogP contribution in [0, 0.1) is 5.82 Å². The highest BCUT2D eigenvalue weighted by atomic mass is 32.2. The lowest BCUT2D eigenvalue weighted by molar-refractivity contribution is 0.298. The maximum atomic E-state index is 13.9. The van der Waals surface area contributed by atoms with Crippen LogP contribution in [0.25, 0.3) is 16.6 Å². The predicted octanol–water partition coefficient (Wildman–Crippen LogP) is 3.36. The van der Waals surface area contributed by atoms with E-state index in [2.05, 4.69) is 10.1 Å². The predicted molar refractivity (Wildman–Crippen MR) is 144 cm³/mol. The largest absolute Gasteiger partial charge is 0.481 e. The van der Waals surface area contributed by atoms with Crippen molar-refractivity contribution in [1.82, 2.24) is 19.1 Å². The van der Waals surface area contributed by atoms with Crippen LogP contribution < -0.4 is 15.2 Å². The van der Waals surface area contributed by atoms with Crippen molar-refractivity contribution in [1.29, 1.82) is 0 Å². The van der Waals surface area contributed by atoms with E-state index in [1.807, 2.05) is 35.2 Å². The monoisotopic (exact) mass is 537 g/mol. The molecule has 1 aliphatic rings. The van der Waals surface area contributed by atoms with Gasteiger partial charge in [-0.1, -0.05) is 24.3 Å². The molecule has 2 aromatic carbocycles. The molecule has 198 valence electrons. The van der Waals surface area contributed by atoms with Crippen LogP contribution in [0.2, 0.25) is 0 Å². The molecular formula is C27H28FN5O4S. The Hall–Kier alpha value is -3.83. The molecule has 0 N–H and O–H groups in total. The van der Waals surface area contributed by atoms with Crippen molar-refractivity contribution >= 4 is 26.6 Å². The summed E-state index contributed by atoms with van der Waals surface area (Å²) < 4.78 is 47.8. The molecule has 0 atom stereocenters. The third-order valence-corrected chi connectivity index (χ3v) is 8.83. The number of sulfonamides is 1. The molecule has 0 radical (unpaired) electrons. The van der Waals surface area contributed by atoms with E-state index in [4.69, 9.17) is 4.74 Å². The normalized spacial score (nSPS) is 14.8. The Kier molecular flexibility index (Phi) is 7.13. The highest BCUT2D eigenvalue weighted by Gasteiger charge is 2.31. The zero-order valence-electron chi connectivity index (χ0n) is 21.1. The van der Waals surface area contributed by atoms with E-state index in [-0.39, 0.29) is 31.1 Å². The third kappa shape index (κ3) is 5.11. The number of anilines is 1. The fourth-order valence-corrected chi connectivity index (χ4v) is 5.69. The maximum Gasteiger partial charge on any atom is 0.316 e. The Morgan fingerprint density at radius 1 is 1.03 bits per heavy atom. The lowest BCUT2D eigenvalue weighted by Crippen LogP contribution is -2.50. The molecule has 0 bridgehead atoms. The van der Waals surface area contributed by atoms with Crippen molar-refractivity contribution < 1.29 is 17.5 Å². The minimum absolute atomic E-state index is 0.0607. The number of nitrogens with zero attached hydrogens (tertiary/aromatic N) is 5. The van der Waals surface area contributed by atoms with Gasteiger partial charge in [0.1, 0.15) is 18.1 Å². The molecule has 1 saturated heterocycles. The first kappa shape index (κ1) is 25.8. The molecule has 3 heterocycles. The molecule has 2 aromatic heterocycles. The van der Waals surface area contributed by atoms with E-state index < -0.39 is 26.6 Å². The maximum absolute atomic E-state index is 13.9. The summed E-state index contributed by atoms with van der Waals surface area (Å²) in [6, 6.07) is 15.2. The van der Waals surface area contributed by atoms with E-state index in [1.54, 1.807) is 26.1 Å². The van der Waals surface area contributed by atoms with Crippen LogP contribution in [-0.4, -0.2) is 58.9 Å². The molecule has 0 aliphatic carbocycles. The first-order valence-corrected chi connectivity index (χ1v) is 13.8. The van der Waals surface area contributed by atoms with Gasteiger partial charge in [-0.3, -0.25) is 9.78 Å².